The first kappa shape index (κ1) is 9.51. The fraction of sp³-hybridized carbons (Fsp3) is 0.429. The summed E-state index contributed by atoms with van der Waals surface area (Å²) < 4.78 is 0. The normalized spacial score (nSPS) is 19.7. The van der Waals surface area contributed by atoms with Gasteiger partial charge >= 0.3 is 0 Å². The molecule has 0 radical (unpaired) electrons. The summed E-state index contributed by atoms with van der Waals surface area (Å²) in [5, 5.41) is 0. The second kappa shape index (κ2) is 4.99. The van der Waals surface area contributed by atoms with Crippen molar-refractivity contribution in [3.63, 3.8) is 0 Å². The molecule has 1 aromatic rings. The third-order valence-corrected chi connectivity index (χ3v) is 2.86. The quantitative estimate of drug-likeness (QED) is 0.539. The highest BCUT2D eigenvalue weighted by atomic mass is 14.0. The van der Waals surface area contributed by atoms with E-state index in [-0.39, 0.29) is 0 Å². The second-order valence-electron chi connectivity index (χ2n) is 4.07. The van der Waals surface area contributed by atoms with Gasteiger partial charge in [-0.3, -0.25) is 0 Å². The number of hydrogen-bond acceptors (Lipinski definition) is 0. The van der Waals surface area contributed by atoms with Gasteiger partial charge in [0.2, 0.25) is 0 Å². The molecule has 0 amide bonds. The molecule has 0 fully saturated rings. The van der Waals surface area contributed by atoms with E-state index in [4.69, 9.17) is 0 Å². The van der Waals surface area contributed by atoms with Crippen LogP contribution in [0.3, 0.4) is 0 Å². The molecule has 1 aromatic carbocycles. The van der Waals surface area contributed by atoms with E-state index in [1.165, 1.54) is 49.7 Å². The fourth-order valence-corrected chi connectivity index (χ4v) is 1.96. The van der Waals surface area contributed by atoms with E-state index in [9.17, 15) is 0 Å². The highest BCUT2D eigenvalue weighted by molar-refractivity contribution is 5.23. The molecule has 0 aliphatic heterocycles. The molecule has 14 heavy (non-hydrogen) atoms. The zero-order chi connectivity index (χ0) is 9.64. The first-order valence-corrected chi connectivity index (χ1v) is 5.68. The Kier molecular flexibility index (Phi) is 3.39. The molecule has 3 rings (SSSR count). The van der Waals surface area contributed by atoms with Gasteiger partial charge in [-0.1, -0.05) is 36.4 Å². The number of benzene rings is 1. The molecule has 2 bridgehead atoms. The molecule has 0 heterocycles. The Morgan fingerprint density at radius 1 is 0.643 bits per heavy atom. The van der Waals surface area contributed by atoms with Gasteiger partial charge in [-0.25, -0.2) is 0 Å². The second-order valence-corrected chi connectivity index (χ2v) is 4.07. The summed E-state index contributed by atoms with van der Waals surface area (Å²) in [7, 11) is 0. The van der Waals surface area contributed by atoms with E-state index >= 15 is 0 Å². The number of fused-ring (bicyclic) bond motifs is 8. The predicted octanol–water partition coefficient (Wildman–Crippen LogP) is 3.90. The lowest BCUT2D eigenvalue weighted by atomic mass is 10.0. The maximum absolute atomic E-state index is 2.34. The minimum atomic E-state index is 1.23. The van der Waals surface area contributed by atoms with Gasteiger partial charge in [-0.2, -0.15) is 0 Å². The molecule has 0 aromatic heterocycles. The van der Waals surface area contributed by atoms with Gasteiger partial charge in [0.25, 0.3) is 0 Å². The zero-order valence-corrected chi connectivity index (χ0v) is 8.71. The van der Waals surface area contributed by atoms with E-state index < -0.39 is 0 Å². The molecule has 0 atom stereocenters. The van der Waals surface area contributed by atoms with Crippen molar-refractivity contribution in [2.45, 2.75) is 38.5 Å². The Bertz CT molecular complexity index is 261. The van der Waals surface area contributed by atoms with Crippen LogP contribution in [0.2, 0.25) is 0 Å². The number of rotatable bonds is 0. The first-order chi connectivity index (χ1) is 6.95. The van der Waals surface area contributed by atoms with Crippen molar-refractivity contribution in [2.75, 3.05) is 0 Å². The molecule has 0 unspecified atom stereocenters. The third-order valence-electron chi connectivity index (χ3n) is 2.86. The van der Waals surface area contributed by atoms with Crippen LogP contribution in [-0.4, -0.2) is 0 Å². The van der Waals surface area contributed by atoms with E-state index in [1.807, 2.05) is 0 Å². The fourth-order valence-electron chi connectivity index (χ4n) is 1.96. The van der Waals surface area contributed by atoms with E-state index in [1.54, 1.807) is 0 Å². The molecule has 2 aliphatic carbocycles. The average molecular weight is 186 g/mol. The highest BCUT2D eigenvalue weighted by Crippen LogP contribution is 2.12. The summed E-state index contributed by atoms with van der Waals surface area (Å²) in [4.78, 5) is 0. The standard InChI is InChI=1S/C14H18/c1-2-4-6-8-14-11-9-13(10-12-14)7-5-3-1/h1-2,9-12H,3-8H2/b2-1-. The number of allylic oxidation sites excluding steroid dienone is 2. The topological polar surface area (TPSA) is 0 Å². The molecular weight excluding hydrogens is 168 g/mol. The van der Waals surface area contributed by atoms with Crippen molar-refractivity contribution in [3.05, 3.63) is 47.5 Å². The maximum atomic E-state index is 2.34. The first-order valence-electron chi connectivity index (χ1n) is 5.68. The van der Waals surface area contributed by atoms with Crippen molar-refractivity contribution in [1.82, 2.24) is 0 Å². The Morgan fingerprint density at radius 2 is 1.07 bits per heavy atom. The van der Waals surface area contributed by atoms with Crippen LogP contribution < -0.4 is 0 Å². The summed E-state index contributed by atoms with van der Waals surface area (Å²) >= 11 is 0. The predicted molar refractivity (Wildman–Crippen MR) is 61.5 cm³/mol. The van der Waals surface area contributed by atoms with E-state index in [0.29, 0.717) is 0 Å². The number of hydrogen-bond donors (Lipinski definition) is 0. The van der Waals surface area contributed by atoms with E-state index in [2.05, 4.69) is 36.4 Å². The van der Waals surface area contributed by atoms with Crippen molar-refractivity contribution < 1.29 is 0 Å². The van der Waals surface area contributed by atoms with Crippen LogP contribution in [0.5, 0.6) is 0 Å². The molecular formula is C14H18. The molecule has 0 nitrogen and oxygen atoms in total. The Balaban J connectivity index is 2.09. The zero-order valence-electron chi connectivity index (χ0n) is 8.71. The smallest absolute Gasteiger partial charge is 0.0276 e. The summed E-state index contributed by atoms with van der Waals surface area (Å²) in [5.74, 6) is 0. The van der Waals surface area contributed by atoms with Crippen molar-refractivity contribution in [2.24, 2.45) is 0 Å². The molecule has 0 spiro atoms. The molecule has 0 N–H and O–H groups in total. The summed E-state index contributed by atoms with van der Waals surface area (Å²) in [5.41, 5.74) is 2.98. The van der Waals surface area contributed by atoms with Gasteiger partial charge in [0.05, 0.1) is 0 Å². The minimum absolute atomic E-state index is 1.23. The third kappa shape index (κ3) is 2.73. The summed E-state index contributed by atoms with van der Waals surface area (Å²) in [6.45, 7) is 0. The SMILES string of the molecule is C1=C\CCCc2ccc(cc2)CCC/1. The molecule has 0 saturated heterocycles. The van der Waals surface area contributed by atoms with Gasteiger partial charge in [-0.05, 0) is 49.7 Å². The Labute approximate surface area is 86.7 Å². The molecule has 2 aliphatic rings. The van der Waals surface area contributed by atoms with Crippen LogP contribution in [0.1, 0.15) is 36.8 Å². The van der Waals surface area contributed by atoms with Crippen LogP contribution >= 0.6 is 0 Å². The van der Waals surface area contributed by atoms with Gasteiger partial charge in [-0.15, -0.1) is 0 Å². The van der Waals surface area contributed by atoms with Gasteiger partial charge in [0.1, 0.15) is 0 Å². The van der Waals surface area contributed by atoms with Crippen molar-refractivity contribution in [3.8, 4) is 0 Å². The summed E-state index contributed by atoms with van der Waals surface area (Å²) in [6.07, 6.45) is 12.2. The van der Waals surface area contributed by atoms with Crippen LogP contribution in [0.15, 0.2) is 36.4 Å². The van der Waals surface area contributed by atoms with Crippen LogP contribution in [-0.2, 0) is 12.8 Å². The summed E-state index contributed by atoms with van der Waals surface area (Å²) in [6, 6.07) is 9.17. The van der Waals surface area contributed by atoms with Gasteiger partial charge in [0.15, 0.2) is 0 Å². The molecule has 74 valence electrons. The molecule has 0 saturated carbocycles. The highest BCUT2D eigenvalue weighted by Gasteiger charge is 1.96. The lowest BCUT2D eigenvalue weighted by molar-refractivity contribution is 0.808. The van der Waals surface area contributed by atoms with Gasteiger partial charge < -0.3 is 0 Å². The van der Waals surface area contributed by atoms with Crippen molar-refractivity contribution in [1.29, 1.82) is 0 Å². The van der Waals surface area contributed by atoms with E-state index in [0.717, 1.165) is 0 Å². The number of aryl methyl sites for hydroxylation is 2. The maximum Gasteiger partial charge on any atom is -0.0276 e. The Morgan fingerprint density at radius 3 is 1.50 bits per heavy atom. The van der Waals surface area contributed by atoms with Crippen LogP contribution in [0.25, 0.3) is 0 Å². The van der Waals surface area contributed by atoms with Gasteiger partial charge in [0, 0.05) is 0 Å². The minimum Gasteiger partial charge on any atom is -0.0885 e. The van der Waals surface area contributed by atoms with Crippen LogP contribution in [0, 0.1) is 0 Å². The molecule has 0 heteroatoms. The van der Waals surface area contributed by atoms with Crippen molar-refractivity contribution >= 4 is 0 Å². The lowest BCUT2D eigenvalue weighted by Crippen LogP contribution is -1.89. The Hall–Kier alpha value is -1.04. The monoisotopic (exact) mass is 186 g/mol. The average Bonchev–Trinajstić information content (AvgIpc) is 2.20. The van der Waals surface area contributed by atoms with Crippen LogP contribution in [0.4, 0.5) is 0 Å². The largest absolute Gasteiger partial charge is 0.0885 e. The lowest BCUT2D eigenvalue weighted by Gasteiger charge is -2.04.